The number of hydrazine groups is 1. The summed E-state index contributed by atoms with van der Waals surface area (Å²) < 4.78 is 1.79. The van der Waals surface area contributed by atoms with Crippen LogP contribution in [0.5, 0.6) is 0 Å². The lowest BCUT2D eigenvalue weighted by molar-refractivity contribution is 0.544. The summed E-state index contributed by atoms with van der Waals surface area (Å²) in [4.78, 5) is 8.08. The van der Waals surface area contributed by atoms with Crippen LogP contribution in [-0.2, 0) is 7.05 Å². The SMILES string of the molecule is Cn1ncc2[nH]c(C3CNNC3c3ccccc3)nc21. The molecular formula is C14H16N6. The summed E-state index contributed by atoms with van der Waals surface area (Å²) in [5.74, 6) is 1.28. The smallest absolute Gasteiger partial charge is 0.176 e. The van der Waals surface area contributed by atoms with Gasteiger partial charge in [-0.25, -0.2) is 15.1 Å². The lowest BCUT2D eigenvalue weighted by Crippen LogP contribution is -2.24. The highest BCUT2D eigenvalue weighted by atomic mass is 15.4. The van der Waals surface area contributed by atoms with Crippen molar-refractivity contribution in [3.05, 3.63) is 47.9 Å². The van der Waals surface area contributed by atoms with Crippen LogP contribution in [0.25, 0.3) is 11.2 Å². The van der Waals surface area contributed by atoms with Crippen molar-refractivity contribution in [2.75, 3.05) is 6.54 Å². The third-order valence-corrected chi connectivity index (χ3v) is 3.89. The van der Waals surface area contributed by atoms with Gasteiger partial charge in [-0.1, -0.05) is 30.3 Å². The highest BCUT2D eigenvalue weighted by Crippen LogP contribution is 2.32. The summed E-state index contributed by atoms with van der Waals surface area (Å²) in [5.41, 5.74) is 9.73. The van der Waals surface area contributed by atoms with E-state index in [1.54, 1.807) is 4.68 Å². The molecule has 3 N–H and O–H groups in total. The molecule has 0 spiro atoms. The number of aryl methyl sites for hydroxylation is 1. The summed E-state index contributed by atoms with van der Waals surface area (Å²) >= 11 is 0. The third-order valence-electron chi connectivity index (χ3n) is 3.89. The van der Waals surface area contributed by atoms with Gasteiger partial charge >= 0.3 is 0 Å². The first-order chi connectivity index (χ1) is 9.83. The largest absolute Gasteiger partial charge is 0.339 e. The van der Waals surface area contributed by atoms with E-state index in [4.69, 9.17) is 4.98 Å². The molecule has 0 aliphatic carbocycles. The van der Waals surface area contributed by atoms with Crippen LogP contribution >= 0.6 is 0 Å². The molecule has 0 bridgehead atoms. The predicted molar refractivity (Wildman–Crippen MR) is 75.9 cm³/mol. The van der Waals surface area contributed by atoms with Crippen LogP contribution in [0.1, 0.15) is 23.3 Å². The van der Waals surface area contributed by atoms with E-state index in [2.05, 4.69) is 45.2 Å². The van der Waals surface area contributed by atoms with Crippen molar-refractivity contribution in [2.24, 2.45) is 7.05 Å². The fourth-order valence-corrected chi connectivity index (χ4v) is 2.84. The third kappa shape index (κ3) is 1.73. The van der Waals surface area contributed by atoms with Crippen LogP contribution in [0.2, 0.25) is 0 Å². The minimum absolute atomic E-state index is 0.227. The van der Waals surface area contributed by atoms with E-state index in [1.807, 2.05) is 19.3 Å². The monoisotopic (exact) mass is 268 g/mol. The van der Waals surface area contributed by atoms with Gasteiger partial charge in [0.1, 0.15) is 11.3 Å². The number of aromatic nitrogens is 4. The summed E-state index contributed by atoms with van der Waals surface area (Å²) in [6, 6.07) is 10.7. The maximum atomic E-state index is 4.69. The van der Waals surface area contributed by atoms with E-state index in [9.17, 15) is 0 Å². The molecule has 2 unspecified atom stereocenters. The van der Waals surface area contributed by atoms with E-state index in [-0.39, 0.29) is 12.0 Å². The number of nitrogens with zero attached hydrogens (tertiary/aromatic N) is 3. The Balaban J connectivity index is 1.73. The lowest BCUT2D eigenvalue weighted by atomic mass is 9.94. The molecule has 3 heterocycles. The first kappa shape index (κ1) is 11.6. The Morgan fingerprint density at radius 1 is 1.25 bits per heavy atom. The second-order valence-electron chi connectivity index (χ2n) is 5.15. The molecule has 3 aromatic rings. The number of aromatic amines is 1. The Bertz CT molecular complexity index is 729. The van der Waals surface area contributed by atoms with Gasteiger partial charge in [-0.2, -0.15) is 5.10 Å². The van der Waals surface area contributed by atoms with Gasteiger partial charge in [0.25, 0.3) is 0 Å². The van der Waals surface area contributed by atoms with Gasteiger partial charge in [-0.15, -0.1) is 0 Å². The van der Waals surface area contributed by atoms with Gasteiger partial charge in [0.05, 0.1) is 18.2 Å². The van der Waals surface area contributed by atoms with Crippen LogP contribution in [0.3, 0.4) is 0 Å². The molecular weight excluding hydrogens is 252 g/mol. The first-order valence-electron chi connectivity index (χ1n) is 6.74. The highest BCUT2D eigenvalue weighted by molar-refractivity contribution is 5.70. The molecule has 0 radical (unpaired) electrons. The van der Waals surface area contributed by atoms with E-state index in [0.29, 0.717) is 0 Å². The molecule has 1 aliphatic rings. The Morgan fingerprint density at radius 3 is 2.90 bits per heavy atom. The molecule has 4 rings (SSSR count). The number of nitrogens with one attached hydrogen (secondary N) is 3. The van der Waals surface area contributed by atoms with Crippen molar-refractivity contribution in [1.82, 2.24) is 30.6 Å². The average Bonchev–Trinajstić information content (AvgIpc) is 3.17. The molecule has 1 aromatic carbocycles. The zero-order chi connectivity index (χ0) is 13.5. The second kappa shape index (κ2) is 4.43. The normalized spacial score (nSPS) is 22.6. The van der Waals surface area contributed by atoms with Crippen LogP contribution < -0.4 is 10.9 Å². The van der Waals surface area contributed by atoms with Crippen LogP contribution in [0, 0.1) is 0 Å². The Morgan fingerprint density at radius 2 is 2.10 bits per heavy atom. The van der Waals surface area contributed by atoms with Gasteiger partial charge < -0.3 is 4.98 Å². The summed E-state index contributed by atoms with van der Waals surface area (Å²) in [5, 5.41) is 4.19. The van der Waals surface area contributed by atoms with Crippen LogP contribution in [-0.4, -0.2) is 26.3 Å². The van der Waals surface area contributed by atoms with Gasteiger partial charge in [0.15, 0.2) is 5.65 Å². The Labute approximate surface area is 116 Å². The fourth-order valence-electron chi connectivity index (χ4n) is 2.84. The topological polar surface area (TPSA) is 70.6 Å². The van der Waals surface area contributed by atoms with Crippen LogP contribution in [0.15, 0.2) is 36.5 Å². The van der Waals surface area contributed by atoms with Crippen molar-refractivity contribution in [1.29, 1.82) is 0 Å². The van der Waals surface area contributed by atoms with E-state index < -0.39 is 0 Å². The summed E-state index contributed by atoms with van der Waals surface area (Å²) in [6.07, 6.45) is 1.82. The molecule has 1 aliphatic heterocycles. The number of hydrogen-bond donors (Lipinski definition) is 3. The maximum absolute atomic E-state index is 4.69. The highest BCUT2D eigenvalue weighted by Gasteiger charge is 2.32. The predicted octanol–water partition coefficient (Wildman–Crippen LogP) is 1.23. The summed E-state index contributed by atoms with van der Waals surface area (Å²) in [7, 11) is 1.91. The first-order valence-corrected chi connectivity index (χ1v) is 6.74. The Kier molecular flexibility index (Phi) is 2.58. The number of rotatable bonds is 2. The van der Waals surface area contributed by atoms with Gasteiger partial charge in [-0.05, 0) is 5.56 Å². The molecule has 1 fully saturated rings. The number of imidazole rings is 1. The number of benzene rings is 1. The van der Waals surface area contributed by atoms with Gasteiger partial charge in [-0.3, -0.25) is 5.43 Å². The fraction of sp³-hybridized carbons (Fsp3) is 0.286. The molecule has 102 valence electrons. The molecule has 0 saturated carbocycles. The van der Waals surface area contributed by atoms with Crippen LogP contribution in [0.4, 0.5) is 0 Å². The molecule has 6 heteroatoms. The quantitative estimate of drug-likeness (QED) is 0.654. The van der Waals surface area contributed by atoms with Crippen molar-refractivity contribution < 1.29 is 0 Å². The van der Waals surface area contributed by atoms with Crippen molar-refractivity contribution in [3.63, 3.8) is 0 Å². The van der Waals surface area contributed by atoms with Gasteiger partial charge in [0.2, 0.25) is 0 Å². The minimum Gasteiger partial charge on any atom is -0.339 e. The van der Waals surface area contributed by atoms with E-state index >= 15 is 0 Å². The maximum Gasteiger partial charge on any atom is 0.176 e. The zero-order valence-electron chi connectivity index (χ0n) is 11.2. The molecule has 2 atom stereocenters. The molecule has 1 saturated heterocycles. The second-order valence-corrected chi connectivity index (χ2v) is 5.15. The molecule has 2 aromatic heterocycles. The summed E-state index contributed by atoms with van der Waals surface area (Å²) in [6.45, 7) is 0.854. The number of fused-ring (bicyclic) bond motifs is 1. The molecule has 0 amide bonds. The van der Waals surface area contributed by atoms with E-state index in [0.717, 1.165) is 23.5 Å². The molecule has 6 nitrogen and oxygen atoms in total. The minimum atomic E-state index is 0.227. The zero-order valence-corrected chi connectivity index (χ0v) is 11.2. The van der Waals surface area contributed by atoms with Crippen molar-refractivity contribution in [2.45, 2.75) is 12.0 Å². The van der Waals surface area contributed by atoms with Gasteiger partial charge in [0, 0.05) is 13.6 Å². The van der Waals surface area contributed by atoms with E-state index in [1.165, 1.54) is 5.56 Å². The average molecular weight is 268 g/mol. The standard InChI is InChI=1S/C14H16N6/c1-20-14-11(8-16-20)17-13(18-14)10-7-15-19-12(10)9-5-3-2-4-6-9/h2-6,8,10,12,15,19H,7H2,1H3,(H,17,18). The van der Waals surface area contributed by atoms with Crippen molar-refractivity contribution in [3.8, 4) is 0 Å². The lowest BCUT2D eigenvalue weighted by Gasteiger charge is -2.16. The number of H-pyrrole nitrogens is 1. The number of hydrogen-bond acceptors (Lipinski definition) is 4. The van der Waals surface area contributed by atoms with Crippen molar-refractivity contribution >= 4 is 11.2 Å². The molecule has 20 heavy (non-hydrogen) atoms. The Hall–Kier alpha value is -2.18.